The molecule has 1 aromatic rings. The summed E-state index contributed by atoms with van der Waals surface area (Å²) in [6.07, 6.45) is 1.04. The zero-order chi connectivity index (χ0) is 11.3. The summed E-state index contributed by atoms with van der Waals surface area (Å²) in [5.41, 5.74) is 7.03. The van der Waals surface area contributed by atoms with Gasteiger partial charge in [-0.15, -0.1) is 0 Å². The molecule has 0 aliphatic carbocycles. The molecule has 1 rings (SSSR count). The molecule has 84 valence electrons. The zero-order valence-electron chi connectivity index (χ0n) is 9.92. The Hall–Kier alpha value is -1.02. The van der Waals surface area contributed by atoms with Crippen LogP contribution in [0, 0.1) is 0 Å². The Labute approximate surface area is 92.4 Å². The highest BCUT2D eigenvalue weighted by molar-refractivity contribution is 5.31. The Balaban J connectivity index is 2.72. The average molecular weight is 207 g/mol. The fraction of sp³-hybridized carbons (Fsp3) is 0.538. The first-order valence-electron chi connectivity index (χ1n) is 5.53. The molecule has 0 fully saturated rings. The smallest absolute Gasteiger partial charge is 0.119 e. The van der Waals surface area contributed by atoms with Crippen LogP contribution in [0.25, 0.3) is 0 Å². The predicted octanol–water partition coefficient (Wildman–Crippen LogP) is 2.71. The summed E-state index contributed by atoms with van der Waals surface area (Å²) in [7, 11) is 0. The first kappa shape index (κ1) is 12.1. The van der Waals surface area contributed by atoms with Gasteiger partial charge in [0.15, 0.2) is 0 Å². The molecule has 15 heavy (non-hydrogen) atoms. The molecule has 0 aliphatic heterocycles. The molecule has 0 atom stereocenters. The standard InChI is InChI=1S/C13H21NO/c1-4-9-15-12-7-5-11(6-8-12)13(2,3)10-14/h5-8H,4,9-10,14H2,1-3H3. The number of rotatable bonds is 5. The topological polar surface area (TPSA) is 35.2 Å². The van der Waals surface area contributed by atoms with Crippen molar-refractivity contribution in [3.63, 3.8) is 0 Å². The van der Waals surface area contributed by atoms with E-state index in [1.165, 1.54) is 5.56 Å². The van der Waals surface area contributed by atoms with Crippen LogP contribution >= 0.6 is 0 Å². The fourth-order valence-corrected chi connectivity index (χ4v) is 1.34. The van der Waals surface area contributed by atoms with E-state index in [9.17, 15) is 0 Å². The normalized spacial score (nSPS) is 11.5. The highest BCUT2D eigenvalue weighted by Gasteiger charge is 2.17. The monoisotopic (exact) mass is 207 g/mol. The molecule has 0 saturated heterocycles. The summed E-state index contributed by atoms with van der Waals surface area (Å²) in [5, 5.41) is 0. The minimum absolute atomic E-state index is 0.0449. The van der Waals surface area contributed by atoms with Gasteiger partial charge in [-0.2, -0.15) is 0 Å². The summed E-state index contributed by atoms with van der Waals surface area (Å²) in [4.78, 5) is 0. The van der Waals surface area contributed by atoms with Crippen molar-refractivity contribution < 1.29 is 4.74 Å². The summed E-state index contributed by atoms with van der Waals surface area (Å²) in [6.45, 7) is 7.83. The zero-order valence-corrected chi connectivity index (χ0v) is 9.92. The molecule has 2 nitrogen and oxygen atoms in total. The van der Waals surface area contributed by atoms with E-state index >= 15 is 0 Å². The summed E-state index contributed by atoms with van der Waals surface area (Å²) < 4.78 is 5.53. The van der Waals surface area contributed by atoms with Gasteiger partial charge >= 0.3 is 0 Å². The van der Waals surface area contributed by atoms with E-state index in [1.807, 2.05) is 12.1 Å². The summed E-state index contributed by atoms with van der Waals surface area (Å²) in [6, 6.07) is 8.22. The number of hydrogen-bond donors (Lipinski definition) is 1. The highest BCUT2D eigenvalue weighted by atomic mass is 16.5. The molecule has 0 spiro atoms. The second kappa shape index (κ2) is 5.17. The Bertz CT molecular complexity index is 290. The lowest BCUT2D eigenvalue weighted by molar-refractivity contribution is 0.317. The van der Waals surface area contributed by atoms with Gasteiger partial charge in [-0.05, 0) is 24.1 Å². The maximum Gasteiger partial charge on any atom is 0.119 e. The van der Waals surface area contributed by atoms with Crippen LogP contribution in [-0.2, 0) is 5.41 Å². The van der Waals surface area contributed by atoms with Gasteiger partial charge in [0.2, 0.25) is 0 Å². The van der Waals surface area contributed by atoms with Crippen LogP contribution in [-0.4, -0.2) is 13.2 Å². The van der Waals surface area contributed by atoms with Crippen LogP contribution in [0.4, 0.5) is 0 Å². The van der Waals surface area contributed by atoms with Crippen molar-refractivity contribution in [2.24, 2.45) is 5.73 Å². The Kier molecular flexibility index (Phi) is 4.15. The maximum atomic E-state index is 5.73. The Morgan fingerprint density at radius 2 is 1.80 bits per heavy atom. The summed E-state index contributed by atoms with van der Waals surface area (Å²) >= 11 is 0. The van der Waals surface area contributed by atoms with Crippen molar-refractivity contribution >= 4 is 0 Å². The lowest BCUT2D eigenvalue weighted by atomic mass is 9.85. The second-order valence-corrected chi connectivity index (χ2v) is 4.46. The molecule has 1 aromatic carbocycles. The van der Waals surface area contributed by atoms with Gasteiger partial charge in [-0.3, -0.25) is 0 Å². The third kappa shape index (κ3) is 3.24. The van der Waals surface area contributed by atoms with Crippen molar-refractivity contribution in [2.45, 2.75) is 32.6 Å². The van der Waals surface area contributed by atoms with Crippen LogP contribution in [0.5, 0.6) is 5.75 Å². The van der Waals surface area contributed by atoms with Gasteiger partial charge in [0.1, 0.15) is 5.75 Å². The van der Waals surface area contributed by atoms with Crippen LogP contribution in [0.3, 0.4) is 0 Å². The van der Waals surface area contributed by atoms with Gasteiger partial charge in [0.25, 0.3) is 0 Å². The molecule has 0 saturated carbocycles. The Morgan fingerprint density at radius 3 is 2.27 bits per heavy atom. The molecule has 0 amide bonds. The van der Waals surface area contributed by atoms with Crippen molar-refractivity contribution in [2.75, 3.05) is 13.2 Å². The van der Waals surface area contributed by atoms with Crippen LogP contribution in [0.15, 0.2) is 24.3 Å². The van der Waals surface area contributed by atoms with Crippen LogP contribution in [0.2, 0.25) is 0 Å². The van der Waals surface area contributed by atoms with E-state index in [-0.39, 0.29) is 5.41 Å². The minimum Gasteiger partial charge on any atom is -0.494 e. The molecule has 0 unspecified atom stereocenters. The van der Waals surface area contributed by atoms with Gasteiger partial charge < -0.3 is 10.5 Å². The van der Waals surface area contributed by atoms with E-state index in [0.29, 0.717) is 6.54 Å². The van der Waals surface area contributed by atoms with E-state index in [0.717, 1.165) is 18.8 Å². The summed E-state index contributed by atoms with van der Waals surface area (Å²) in [5.74, 6) is 0.938. The molecule has 0 aromatic heterocycles. The maximum absolute atomic E-state index is 5.73. The lowest BCUT2D eigenvalue weighted by Gasteiger charge is -2.23. The van der Waals surface area contributed by atoms with E-state index in [2.05, 4.69) is 32.9 Å². The van der Waals surface area contributed by atoms with E-state index in [4.69, 9.17) is 10.5 Å². The quantitative estimate of drug-likeness (QED) is 0.805. The molecular formula is C13H21NO. The molecule has 2 N–H and O–H groups in total. The lowest BCUT2D eigenvalue weighted by Crippen LogP contribution is -2.27. The minimum atomic E-state index is 0.0449. The number of benzene rings is 1. The molecule has 0 bridgehead atoms. The SMILES string of the molecule is CCCOc1ccc(C(C)(C)CN)cc1. The first-order chi connectivity index (χ1) is 7.10. The van der Waals surface area contributed by atoms with E-state index in [1.54, 1.807) is 0 Å². The number of hydrogen-bond acceptors (Lipinski definition) is 2. The van der Waals surface area contributed by atoms with Crippen molar-refractivity contribution in [1.82, 2.24) is 0 Å². The average Bonchev–Trinajstić information content (AvgIpc) is 2.27. The number of ether oxygens (including phenoxy) is 1. The second-order valence-electron chi connectivity index (χ2n) is 4.46. The fourth-order valence-electron chi connectivity index (χ4n) is 1.34. The number of nitrogens with two attached hydrogens (primary N) is 1. The Morgan fingerprint density at radius 1 is 1.20 bits per heavy atom. The largest absolute Gasteiger partial charge is 0.494 e. The third-order valence-electron chi connectivity index (χ3n) is 2.62. The van der Waals surface area contributed by atoms with Gasteiger partial charge in [0.05, 0.1) is 6.61 Å². The van der Waals surface area contributed by atoms with Crippen LogP contribution in [0.1, 0.15) is 32.8 Å². The predicted molar refractivity (Wildman–Crippen MR) is 64.3 cm³/mol. The van der Waals surface area contributed by atoms with E-state index < -0.39 is 0 Å². The van der Waals surface area contributed by atoms with Crippen molar-refractivity contribution in [1.29, 1.82) is 0 Å². The van der Waals surface area contributed by atoms with Gasteiger partial charge in [-0.1, -0.05) is 32.9 Å². The van der Waals surface area contributed by atoms with Gasteiger partial charge in [0, 0.05) is 12.0 Å². The molecule has 0 radical (unpaired) electrons. The highest BCUT2D eigenvalue weighted by Crippen LogP contribution is 2.23. The molecule has 2 heteroatoms. The molecule has 0 aliphatic rings. The van der Waals surface area contributed by atoms with Crippen molar-refractivity contribution in [3.8, 4) is 5.75 Å². The molecular weight excluding hydrogens is 186 g/mol. The molecule has 0 heterocycles. The third-order valence-corrected chi connectivity index (χ3v) is 2.62. The van der Waals surface area contributed by atoms with Crippen LogP contribution < -0.4 is 10.5 Å². The van der Waals surface area contributed by atoms with Crippen molar-refractivity contribution in [3.05, 3.63) is 29.8 Å². The van der Waals surface area contributed by atoms with Gasteiger partial charge in [-0.25, -0.2) is 0 Å². The first-order valence-corrected chi connectivity index (χ1v) is 5.53.